The molecule has 1 fully saturated rings. The van der Waals surface area contributed by atoms with E-state index in [0.29, 0.717) is 13.0 Å². The number of carbonyl (C=O) groups is 2. The third-order valence-corrected chi connectivity index (χ3v) is 6.37. The summed E-state index contributed by atoms with van der Waals surface area (Å²) in [6.07, 6.45) is 2.25. The van der Waals surface area contributed by atoms with Gasteiger partial charge in [-0.2, -0.15) is 0 Å². The number of carbonyl (C=O) groups excluding carboxylic acids is 2. The Kier molecular flexibility index (Phi) is 8.10. The lowest BCUT2D eigenvalue weighted by Crippen LogP contribution is -2.30. The summed E-state index contributed by atoms with van der Waals surface area (Å²) < 4.78 is 46.6. The summed E-state index contributed by atoms with van der Waals surface area (Å²) in [6.45, 7) is 2.60. The average molecular weight is 514 g/mol. The monoisotopic (exact) mass is 513 g/mol. The maximum absolute atomic E-state index is 14.8. The predicted molar refractivity (Wildman–Crippen MR) is 133 cm³/mol. The van der Waals surface area contributed by atoms with Gasteiger partial charge in [0.05, 0.1) is 13.2 Å². The van der Waals surface area contributed by atoms with Crippen molar-refractivity contribution in [3.63, 3.8) is 0 Å². The average Bonchev–Trinajstić information content (AvgIpc) is 3.13. The van der Waals surface area contributed by atoms with Crippen LogP contribution in [0.1, 0.15) is 30.9 Å². The van der Waals surface area contributed by atoms with Gasteiger partial charge in [-0.3, -0.25) is 14.9 Å². The van der Waals surface area contributed by atoms with Gasteiger partial charge < -0.3 is 14.2 Å². The zero-order valence-corrected chi connectivity index (χ0v) is 20.4. The molecular formula is C27H25F2NO5S. The summed E-state index contributed by atoms with van der Waals surface area (Å²) in [7, 11) is 0. The summed E-state index contributed by atoms with van der Waals surface area (Å²) in [5, 5.41) is -1.60. The molecule has 188 valence electrons. The molecule has 0 spiro atoms. The van der Waals surface area contributed by atoms with Crippen LogP contribution in [0.2, 0.25) is 0 Å². The number of halogens is 2. The van der Waals surface area contributed by atoms with Gasteiger partial charge in [-0.15, -0.1) is 0 Å². The van der Waals surface area contributed by atoms with Crippen LogP contribution >= 0.6 is 11.8 Å². The molecule has 1 unspecified atom stereocenters. The Morgan fingerprint density at radius 3 is 2.31 bits per heavy atom. The normalized spacial score (nSPS) is 17.1. The summed E-state index contributed by atoms with van der Waals surface area (Å²) in [4.78, 5) is 23.0. The predicted octanol–water partition coefficient (Wildman–Crippen LogP) is 6.52. The van der Waals surface area contributed by atoms with Crippen LogP contribution < -0.4 is 19.5 Å². The van der Waals surface area contributed by atoms with E-state index in [2.05, 4.69) is 6.92 Å². The third kappa shape index (κ3) is 5.96. The molecule has 0 aliphatic carbocycles. The van der Waals surface area contributed by atoms with E-state index in [4.69, 9.17) is 14.2 Å². The number of amides is 2. The fraction of sp³-hybridized carbons (Fsp3) is 0.259. The number of hydrogen-bond acceptors (Lipinski definition) is 6. The highest BCUT2D eigenvalue weighted by atomic mass is 32.2. The summed E-state index contributed by atoms with van der Waals surface area (Å²) in [6, 6.07) is 18.6. The van der Waals surface area contributed by atoms with Gasteiger partial charge in [0.15, 0.2) is 11.6 Å². The number of thioether (sulfide) groups is 1. The van der Waals surface area contributed by atoms with Crippen LogP contribution in [0.5, 0.6) is 23.0 Å². The van der Waals surface area contributed by atoms with Gasteiger partial charge in [-0.05, 0) is 66.2 Å². The van der Waals surface area contributed by atoms with Crippen LogP contribution in [0, 0.1) is 5.82 Å². The molecule has 1 atom stereocenters. The van der Waals surface area contributed by atoms with E-state index in [0.717, 1.165) is 41.7 Å². The molecule has 0 radical (unpaired) electrons. The van der Waals surface area contributed by atoms with Crippen LogP contribution in [0.15, 0.2) is 66.7 Å². The minimum atomic E-state index is -2.65. The molecule has 0 saturated carbocycles. The molecule has 1 aliphatic heterocycles. The van der Waals surface area contributed by atoms with Crippen LogP contribution in [0.3, 0.4) is 0 Å². The smallest absolute Gasteiger partial charge is 0.289 e. The Morgan fingerprint density at radius 1 is 0.917 bits per heavy atom. The van der Waals surface area contributed by atoms with E-state index in [1.165, 1.54) is 12.1 Å². The Labute approximate surface area is 211 Å². The van der Waals surface area contributed by atoms with Crippen molar-refractivity contribution >= 4 is 22.9 Å². The molecule has 3 aromatic carbocycles. The Bertz CT molecular complexity index is 1240. The number of ether oxygens (including phenoxy) is 3. The SMILES string of the molecule is CCCc1cc(Oc2ccccc2)ccc1OCCCOc1ccc(C2(F)SC(=O)NC2=O)cc1F. The number of rotatable bonds is 11. The fourth-order valence-corrected chi connectivity index (χ4v) is 4.44. The van der Waals surface area contributed by atoms with E-state index in [-0.39, 0.29) is 29.7 Å². The molecular weight excluding hydrogens is 488 g/mol. The topological polar surface area (TPSA) is 73.9 Å². The first-order valence-corrected chi connectivity index (χ1v) is 12.4. The third-order valence-electron chi connectivity index (χ3n) is 5.38. The zero-order valence-electron chi connectivity index (χ0n) is 19.6. The summed E-state index contributed by atoms with van der Waals surface area (Å²) in [5.74, 6) is 0.218. The van der Waals surface area contributed by atoms with Crippen molar-refractivity contribution in [2.45, 2.75) is 31.2 Å². The summed E-state index contributed by atoms with van der Waals surface area (Å²) in [5.41, 5.74) is 0.771. The van der Waals surface area contributed by atoms with Crippen molar-refractivity contribution in [1.29, 1.82) is 0 Å². The second-order valence-corrected chi connectivity index (χ2v) is 9.21. The van der Waals surface area contributed by atoms with Crippen molar-refractivity contribution in [2.24, 2.45) is 0 Å². The largest absolute Gasteiger partial charge is 0.493 e. The van der Waals surface area contributed by atoms with Crippen LogP contribution in [-0.2, 0) is 16.2 Å². The van der Waals surface area contributed by atoms with Gasteiger partial charge in [0.2, 0.25) is 0 Å². The van der Waals surface area contributed by atoms with Gasteiger partial charge in [-0.25, -0.2) is 8.78 Å². The molecule has 1 saturated heterocycles. The maximum Gasteiger partial charge on any atom is 0.289 e. The first-order chi connectivity index (χ1) is 17.4. The van der Waals surface area contributed by atoms with Crippen molar-refractivity contribution in [3.8, 4) is 23.0 Å². The highest BCUT2D eigenvalue weighted by molar-refractivity contribution is 8.15. The summed E-state index contributed by atoms with van der Waals surface area (Å²) >= 11 is 0.173. The number of nitrogens with one attached hydrogen (secondary N) is 1. The number of benzene rings is 3. The zero-order chi connectivity index (χ0) is 25.5. The van der Waals surface area contributed by atoms with Crippen LogP contribution in [-0.4, -0.2) is 24.4 Å². The van der Waals surface area contributed by atoms with Crippen LogP contribution in [0.25, 0.3) is 0 Å². The second-order valence-electron chi connectivity index (χ2n) is 8.07. The Morgan fingerprint density at radius 2 is 1.64 bits per heavy atom. The lowest BCUT2D eigenvalue weighted by molar-refractivity contribution is -0.126. The molecule has 9 heteroatoms. The van der Waals surface area contributed by atoms with Crippen molar-refractivity contribution in [3.05, 3.63) is 83.7 Å². The van der Waals surface area contributed by atoms with Crippen molar-refractivity contribution in [2.75, 3.05) is 13.2 Å². The van der Waals surface area contributed by atoms with Crippen molar-refractivity contribution < 1.29 is 32.6 Å². The molecule has 1 N–H and O–H groups in total. The fourth-order valence-electron chi connectivity index (χ4n) is 3.65. The first-order valence-electron chi connectivity index (χ1n) is 11.5. The molecule has 1 aliphatic rings. The van der Waals surface area contributed by atoms with E-state index in [9.17, 15) is 18.4 Å². The van der Waals surface area contributed by atoms with E-state index in [1.54, 1.807) is 0 Å². The molecule has 1 heterocycles. The molecule has 3 aromatic rings. The molecule has 2 amide bonds. The van der Waals surface area contributed by atoms with Gasteiger partial charge in [0.1, 0.15) is 17.2 Å². The Hall–Kier alpha value is -3.59. The van der Waals surface area contributed by atoms with Crippen LogP contribution in [0.4, 0.5) is 13.6 Å². The maximum atomic E-state index is 14.8. The van der Waals surface area contributed by atoms with Gasteiger partial charge in [0.25, 0.3) is 16.1 Å². The molecule has 4 rings (SSSR count). The molecule has 0 bridgehead atoms. The number of hydrogen-bond donors (Lipinski definition) is 1. The van der Waals surface area contributed by atoms with E-state index in [1.807, 2.05) is 53.8 Å². The minimum absolute atomic E-state index is 0.0776. The molecule has 36 heavy (non-hydrogen) atoms. The minimum Gasteiger partial charge on any atom is -0.493 e. The van der Waals surface area contributed by atoms with Gasteiger partial charge in [-0.1, -0.05) is 37.6 Å². The van der Waals surface area contributed by atoms with E-state index < -0.39 is 22.0 Å². The quantitative estimate of drug-likeness (QED) is 0.294. The second kappa shape index (κ2) is 11.4. The number of aryl methyl sites for hydroxylation is 1. The number of imide groups is 1. The number of alkyl halides is 1. The lowest BCUT2D eigenvalue weighted by atomic mass is 10.1. The highest BCUT2D eigenvalue weighted by Crippen LogP contribution is 2.43. The lowest BCUT2D eigenvalue weighted by Gasteiger charge is -2.16. The van der Waals surface area contributed by atoms with Gasteiger partial charge >= 0.3 is 0 Å². The number of para-hydroxylation sites is 1. The van der Waals surface area contributed by atoms with Gasteiger partial charge in [0, 0.05) is 12.0 Å². The molecule has 6 nitrogen and oxygen atoms in total. The highest BCUT2D eigenvalue weighted by Gasteiger charge is 2.50. The standard InChI is InChI=1S/C27H25F2NO5S/c1-2-7-18-16-21(35-20-8-4-3-5-9-20)11-13-23(18)33-14-6-15-34-24-12-10-19(17-22(24)28)27(29)25(31)30-26(32)36-27/h3-5,8-13,16-17H,2,6-7,14-15H2,1H3,(H,30,31,32). The Balaban J connectivity index is 1.29. The molecule has 0 aromatic heterocycles. The van der Waals surface area contributed by atoms with E-state index >= 15 is 0 Å². The van der Waals surface area contributed by atoms with Crippen molar-refractivity contribution in [1.82, 2.24) is 5.32 Å². The first kappa shape index (κ1) is 25.5.